The number of carbonyl (C=O) groups excluding carboxylic acids is 1. The van der Waals surface area contributed by atoms with Gasteiger partial charge in [-0.15, -0.1) is 0 Å². The Morgan fingerprint density at radius 1 is 1.58 bits per heavy atom. The molecule has 3 heteroatoms. The van der Waals surface area contributed by atoms with E-state index in [0.717, 1.165) is 6.42 Å². The van der Waals surface area contributed by atoms with Crippen molar-refractivity contribution in [2.24, 2.45) is 5.41 Å². The molecular formula is C9H15NO2. The fraction of sp³-hybridized carbons (Fsp3) is 0.778. The summed E-state index contributed by atoms with van der Waals surface area (Å²) in [5.74, 6) is -0.408. The lowest BCUT2D eigenvalue weighted by Crippen LogP contribution is -2.29. The number of carbonyl (C=O) groups is 1. The predicted octanol–water partition coefficient (Wildman–Crippen LogP) is 1.88. The maximum Gasteiger partial charge on any atom is 0.326 e. The summed E-state index contributed by atoms with van der Waals surface area (Å²) in [6.07, 6.45) is 1.91. The molecule has 1 unspecified atom stereocenters. The monoisotopic (exact) mass is 169 g/mol. The van der Waals surface area contributed by atoms with E-state index in [9.17, 15) is 4.79 Å². The summed E-state index contributed by atoms with van der Waals surface area (Å²) in [5, 5.41) is 8.86. The van der Waals surface area contributed by atoms with Crippen LogP contribution in [0.25, 0.3) is 0 Å². The van der Waals surface area contributed by atoms with Crippen LogP contribution in [0.5, 0.6) is 0 Å². The molecule has 0 heterocycles. The van der Waals surface area contributed by atoms with Gasteiger partial charge in [-0.1, -0.05) is 20.3 Å². The van der Waals surface area contributed by atoms with Crippen LogP contribution in [-0.4, -0.2) is 13.1 Å². The Labute approximate surface area is 73.3 Å². The molecule has 12 heavy (non-hydrogen) atoms. The first-order valence-electron chi connectivity index (χ1n) is 4.16. The summed E-state index contributed by atoms with van der Waals surface area (Å²) in [7, 11) is 1.32. The van der Waals surface area contributed by atoms with E-state index in [1.165, 1.54) is 7.11 Å². The van der Waals surface area contributed by atoms with Crippen molar-refractivity contribution in [3.8, 4) is 6.07 Å². The predicted molar refractivity (Wildman–Crippen MR) is 45.3 cm³/mol. The lowest BCUT2D eigenvalue weighted by Gasteiger charge is -2.20. The second-order valence-corrected chi connectivity index (χ2v) is 2.79. The summed E-state index contributed by atoms with van der Waals surface area (Å²) >= 11 is 0. The van der Waals surface area contributed by atoms with Gasteiger partial charge in [-0.2, -0.15) is 5.26 Å². The number of methoxy groups -OCH3 is 1. The molecule has 0 fully saturated rings. The average Bonchev–Trinajstić information content (AvgIpc) is 2.13. The fourth-order valence-corrected chi connectivity index (χ4v) is 1.23. The van der Waals surface area contributed by atoms with Crippen LogP contribution in [-0.2, 0) is 9.53 Å². The number of hydrogen-bond donors (Lipinski definition) is 0. The van der Waals surface area contributed by atoms with Gasteiger partial charge >= 0.3 is 5.97 Å². The van der Waals surface area contributed by atoms with Crippen LogP contribution in [0, 0.1) is 16.7 Å². The van der Waals surface area contributed by atoms with Crippen molar-refractivity contribution in [2.45, 2.75) is 33.1 Å². The molecular weight excluding hydrogens is 154 g/mol. The Bertz CT molecular complexity index is 195. The molecule has 0 aliphatic carbocycles. The maximum absolute atomic E-state index is 11.2. The summed E-state index contributed by atoms with van der Waals surface area (Å²) in [6.45, 7) is 3.78. The average molecular weight is 169 g/mol. The maximum atomic E-state index is 11.2. The second-order valence-electron chi connectivity index (χ2n) is 2.79. The third-order valence-corrected chi connectivity index (χ3v) is 2.07. The molecule has 0 spiro atoms. The van der Waals surface area contributed by atoms with Gasteiger partial charge in [0.25, 0.3) is 0 Å². The van der Waals surface area contributed by atoms with E-state index in [2.05, 4.69) is 4.74 Å². The van der Waals surface area contributed by atoms with Crippen LogP contribution in [0.1, 0.15) is 33.1 Å². The van der Waals surface area contributed by atoms with Gasteiger partial charge in [0, 0.05) is 0 Å². The zero-order valence-corrected chi connectivity index (χ0v) is 7.89. The van der Waals surface area contributed by atoms with Crippen LogP contribution < -0.4 is 0 Å². The number of ether oxygens (including phenoxy) is 1. The van der Waals surface area contributed by atoms with Gasteiger partial charge in [0.1, 0.15) is 0 Å². The van der Waals surface area contributed by atoms with E-state index in [4.69, 9.17) is 5.26 Å². The molecule has 0 aromatic carbocycles. The lowest BCUT2D eigenvalue weighted by atomic mass is 9.82. The van der Waals surface area contributed by atoms with Crippen molar-refractivity contribution >= 4 is 5.97 Å². The minimum atomic E-state index is -0.913. The second kappa shape index (κ2) is 4.76. The molecule has 0 N–H and O–H groups in total. The summed E-state index contributed by atoms with van der Waals surface area (Å²) in [5.41, 5.74) is -0.913. The van der Waals surface area contributed by atoms with E-state index < -0.39 is 11.4 Å². The van der Waals surface area contributed by atoms with Gasteiger partial charge in [-0.3, -0.25) is 4.79 Å². The largest absolute Gasteiger partial charge is 0.468 e. The number of esters is 1. The molecule has 3 nitrogen and oxygen atoms in total. The van der Waals surface area contributed by atoms with E-state index in [1.54, 1.807) is 0 Å². The normalized spacial score (nSPS) is 14.5. The molecule has 0 aromatic heterocycles. The van der Waals surface area contributed by atoms with Gasteiger partial charge < -0.3 is 4.74 Å². The van der Waals surface area contributed by atoms with Crippen molar-refractivity contribution < 1.29 is 9.53 Å². The zero-order valence-electron chi connectivity index (χ0n) is 7.89. The third kappa shape index (κ3) is 1.97. The van der Waals surface area contributed by atoms with Gasteiger partial charge in [0.2, 0.25) is 0 Å². The molecule has 0 aliphatic rings. The summed E-state index contributed by atoms with van der Waals surface area (Å²) in [6, 6.07) is 2.04. The molecule has 0 aromatic rings. The van der Waals surface area contributed by atoms with Gasteiger partial charge in [-0.05, 0) is 12.8 Å². The van der Waals surface area contributed by atoms with Crippen LogP contribution in [0.3, 0.4) is 0 Å². The molecule has 0 radical (unpaired) electrons. The first kappa shape index (κ1) is 11.0. The lowest BCUT2D eigenvalue weighted by molar-refractivity contribution is -0.149. The smallest absolute Gasteiger partial charge is 0.326 e. The Morgan fingerprint density at radius 2 is 2.17 bits per heavy atom. The first-order chi connectivity index (χ1) is 5.66. The van der Waals surface area contributed by atoms with Crippen molar-refractivity contribution in [1.82, 2.24) is 0 Å². The molecule has 0 aliphatic heterocycles. The number of rotatable bonds is 4. The third-order valence-electron chi connectivity index (χ3n) is 2.07. The molecule has 1 atom stereocenters. The summed E-state index contributed by atoms with van der Waals surface area (Å²) < 4.78 is 4.59. The topological polar surface area (TPSA) is 50.1 Å². The number of nitrogens with zero attached hydrogens (tertiary/aromatic N) is 1. The SMILES string of the molecule is CCCC(C#N)(CC)C(=O)OC. The molecule has 0 bridgehead atoms. The highest BCUT2D eigenvalue weighted by atomic mass is 16.5. The molecule has 0 saturated carbocycles. The highest BCUT2D eigenvalue weighted by Gasteiger charge is 2.36. The van der Waals surface area contributed by atoms with Crippen LogP contribution in [0.4, 0.5) is 0 Å². The van der Waals surface area contributed by atoms with E-state index in [1.807, 2.05) is 19.9 Å². The Hall–Kier alpha value is -1.04. The Kier molecular flexibility index (Phi) is 4.35. The van der Waals surface area contributed by atoms with Crippen molar-refractivity contribution in [1.29, 1.82) is 5.26 Å². The minimum Gasteiger partial charge on any atom is -0.468 e. The number of hydrogen-bond acceptors (Lipinski definition) is 3. The Balaban J connectivity index is 4.59. The molecule has 0 saturated heterocycles. The highest BCUT2D eigenvalue weighted by Crippen LogP contribution is 2.28. The van der Waals surface area contributed by atoms with Gasteiger partial charge in [0.05, 0.1) is 13.2 Å². The quantitative estimate of drug-likeness (QED) is 0.604. The van der Waals surface area contributed by atoms with E-state index in [0.29, 0.717) is 12.8 Å². The van der Waals surface area contributed by atoms with Crippen molar-refractivity contribution in [3.63, 3.8) is 0 Å². The van der Waals surface area contributed by atoms with Gasteiger partial charge in [-0.25, -0.2) is 0 Å². The highest BCUT2D eigenvalue weighted by molar-refractivity contribution is 5.79. The minimum absolute atomic E-state index is 0.408. The fourth-order valence-electron chi connectivity index (χ4n) is 1.23. The van der Waals surface area contributed by atoms with Crippen molar-refractivity contribution in [2.75, 3.05) is 7.11 Å². The van der Waals surface area contributed by atoms with Crippen LogP contribution >= 0.6 is 0 Å². The van der Waals surface area contributed by atoms with E-state index >= 15 is 0 Å². The molecule has 0 amide bonds. The zero-order chi connectivity index (χ0) is 9.61. The van der Waals surface area contributed by atoms with Crippen LogP contribution in [0.15, 0.2) is 0 Å². The molecule has 0 rings (SSSR count). The first-order valence-corrected chi connectivity index (χ1v) is 4.16. The molecule has 68 valence electrons. The van der Waals surface area contributed by atoms with Crippen LogP contribution in [0.2, 0.25) is 0 Å². The Morgan fingerprint density at radius 3 is 2.42 bits per heavy atom. The standard InChI is InChI=1S/C9H15NO2/c1-4-6-9(5-2,7-10)8(11)12-3/h4-6H2,1-3H3. The number of nitriles is 1. The summed E-state index contributed by atoms with van der Waals surface area (Å²) in [4.78, 5) is 11.2. The van der Waals surface area contributed by atoms with Gasteiger partial charge in [0.15, 0.2) is 5.41 Å². The van der Waals surface area contributed by atoms with E-state index in [-0.39, 0.29) is 0 Å². The van der Waals surface area contributed by atoms with Crippen molar-refractivity contribution in [3.05, 3.63) is 0 Å².